The number of aliphatic hydroxyl groups excluding tert-OH is 1. The van der Waals surface area contributed by atoms with Crippen LogP contribution in [0.1, 0.15) is 57.2 Å². The van der Waals surface area contributed by atoms with E-state index in [4.69, 9.17) is 19.9 Å². The highest BCUT2D eigenvalue weighted by Gasteiger charge is 2.31. The van der Waals surface area contributed by atoms with Crippen LogP contribution in [0.5, 0.6) is 11.5 Å². The van der Waals surface area contributed by atoms with Gasteiger partial charge in [0.05, 0.1) is 25.2 Å². The Hall–Kier alpha value is -2.61. The Balaban J connectivity index is 1.98. The Morgan fingerprint density at radius 3 is 2.45 bits per heavy atom. The van der Waals surface area contributed by atoms with E-state index in [0.29, 0.717) is 37.1 Å². The normalized spacial score (nSPS) is 14.2. The molecule has 0 radical (unpaired) electrons. The lowest BCUT2D eigenvalue weighted by molar-refractivity contribution is -0.126. The summed E-state index contributed by atoms with van der Waals surface area (Å²) in [6, 6.07) is 13.5. The molecular weight excluding hydrogens is 480 g/mol. The minimum atomic E-state index is -0.843. The van der Waals surface area contributed by atoms with Gasteiger partial charge < -0.3 is 30.4 Å². The SMILES string of the molecule is COCCCOc1cc(CC(CC(N)C(O)CNC(=O)C(C)(C)c2cccc(C)c2)C(C)C)ccc1OC. The molecular formula is C31H48N2O5. The summed E-state index contributed by atoms with van der Waals surface area (Å²) in [6.07, 6.45) is 1.38. The lowest BCUT2D eigenvalue weighted by atomic mass is 9.82. The first-order valence-electron chi connectivity index (χ1n) is 13.6. The van der Waals surface area contributed by atoms with E-state index in [0.717, 1.165) is 29.5 Å². The van der Waals surface area contributed by atoms with Crippen molar-refractivity contribution in [3.8, 4) is 11.5 Å². The number of carbonyl (C=O) groups excluding carboxylic acids is 1. The first-order valence-corrected chi connectivity index (χ1v) is 13.6. The molecule has 2 aromatic carbocycles. The molecule has 0 bridgehead atoms. The summed E-state index contributed by atoms with van der Waals surface area (Å²) in [6.45, 7) is 11.4. The van der Waals surface area contributed by atoms with Crippen molar-refractivity contribution in [3.63, 3.8) is 0 Å². The van der Waals surface area contributed by atoms with Crippen LogP contribution in [0.3, 0.4) is 0 Å². The third-order valence-electron chi connectivity index (χ3n) is 7.27. The summed E-state index contributed by atoms with van der Waals surface area (Å²) >= 11 is 0. The number of carbonyl (C=O) groups is 1. The van der Waals surface area contributed by atoms with Crippen LogP contribution in [0.15, 0.2) is 42.5 Å². The number of nitrogens with two attached hydrogens (primary N) is 1. The largest absolute Gasteiger partial charge is 0.493 e. The van der Waals surface area contributed by atoms with Crippen molar-refractivity contribution in [3.05, 3.63) is 59.2 Å². The molecule has 0 aliphatic heterocycles. The number of nitrogens with one attached hydrogen (secondary N) is 1. The van der Waals surface area contributed by atoms with Gasteiger partial charge in [-0.1, -0.05) is 49.7 Å². The van der Waals surface area contributed by atoms with Gasteiger partial charge in [-0.05, 0) is 68.7 Å². The first-order chi connectivity index (χ1) is 18.0. The maximum atomic E-state index is 13.0. The fourth-order valence-electron chi connectivity index (χ4n) is 4.48. The zero-order valence-electron chi connectivity index (χ0n) is 24.3. The van der Waals surface area contributed by atoms with Gasteiger partial charge in [-0.15, -0.1) is 0 Å². The summed E-state index contributed by atoms with van der Waals surface area (Å²) in [4.78, 5) is 13.0. The molecule has 0 saturated carbocycles. The number of benzene rings is 2. The van der Waals surface area contributed by atoms with Crippen molar-refractivity contribution in [2.75, 3.05) is 34.0 Å². The standard InChI is InChI=1S/C31H48N2O5/c1-21(2)24(17-23-12-13-28(37-7)29(18-23)38-15-9-14-36-6)19-26(32)27(34)20-33-30(35)31(4,5)25-11-8-10-22(3)16-25/h8,10-13,16,18,21,24,26-27,34H,9,14-15,17,19-20,32H2,1-7H3,(H,33,35). The van der Waals surface area contributed by atoms with Gasteiger partial charge in [0.1, 0.15) is 0 Å². The minimum absolute atomic E-state index is 0.113. The molecule has 212 valence electrons. The molecule has 7 nitrogen and oxygen atoms in total. The Morgan fingerprint density at radius 1 is 1.08 bits per heavy atom. The van der Waals surface area contributed by atoms with Crippen LogP contribution in [0, 0.1) is 18.8 Å². The second-order valence-electron chi connectivity index (χ2n) is 11.1. The molecule has 7 heteroatoms. The van der Waals surface area contributed by atoms with Crippen molar-refractivity contribution in [2.24, 2.45) is 17.6 Å². The Labute approximate surface area is 229 Å². The number of rotatable bonds is 16. The molecule has 0 aliphatic carbocycles. The van der Waals surface area contributed by atoms with Gasteiger partial charge in [0.2, 0.25) is 5.91 Å². The highest BCUT2D eigenvalue weighted by molar-refractivity contribution is 5.87. The molecule has 2 aromatic rings. The number of amides is 1. The van der Waals surface area contributed by atoms with Crippen LogP contribution < -0.4 is 20.5 Å². The Kier molecular flexibility index (Phi) is 12.6. The smallest absolute Gasteiger partial charge is 0.230 e. The lowest BCUT2D eigenvalue weighted by Gasteiger charge is -2.29. The predicted octanol–water partition coefficient (Wildman–Crippen LogP) is 4.41. The van der Waals surface area contributed by atoms with Gasteiger partial charge >= 0.3 is 0 Å². The highest BCUT2D eigenvalue weighted by atomic mass is 16.5. The van der Waals surface area contributed by atoms with Crippen molar-refractivity contribution in [1.82, 2.24) is 5.32 Å². The Bertz CT molecular complexity index is 1010. The van der Waals surface area contributed by atoms with Crippen LogP contribution >= 0.6 is 0 Å². The molecule has 38 heavy (non-hydrogen) atoms. The van der Waals surface area contributed by atoms with Gasteiger partial charge in [-0.25, -0.2) is 0 Å². The van der Waals surface area contributed by atoms with E-state index in [1.807, 2.05) is 63.2 Å². The number of hydrogen-bond donors (Lipinski definition) is 3. The van der Waals surface area contributed by atoms with E-state index in [9.17, 15) is 9.90 Å². The first kappa shape index (κ1) is 31.6. The maximum absolute atomic E-state index is 13.0. The number of hydrogen-bond acceptors (Lipinski definition) is 6. The van der Waals surface area contributed by atoms with Gasteiger partial charge in [0.15, 0.2) is 11.5 Å². The predicted molar refractivity (Wildman–Crippen MR) is 153 cm³/mol. The summed E-state index contributed by atoms with van der Waals surface area (Å²) in [5.41, 5.74) is 8.90. The number of aryl methyl sites for hydroxylation is 1. The summed E-state index contributed by atoms with van der Waals surface area (Å²) in [7, 11) is 3.31. The molecule has 0 fully saturated rings. The van der Waals surface area contributed by atoms with Crippen LogP contribution in [0.2, 0.25) is 0 Å². The van der Waals surface area contributed by atoms with Gasteiger partial charge in [0.25, 0.3) is 0 Å². The lowest BCUT2D eigenvalue weighted by Crippen LogP contribution is -2.48. The highest BCUT2D eigenvalue weighted by Crippen LogP contribution is 2.31. The molecule has 0 aliphatic rings. The van der Waals surface area contributed by atoms with Crippen molar-refractivity contribution < 1.29 is 24.1 Å². The van der Waals surface area contributed by atoms with Crippen LogP contribution in [-0.2, 0) is 21.4 Å². The fraction of sp³-hybridized carbons (Fsp3) is 0.581. The Morgan fingerprint density at radius 2 is 1.82 bits per heavy atom. The second kappa shape index (κ2) is 15.1. The van der Waals surface area contributed by atoms with E-state index < -0.39 is 17.6 Å². The minimum Gasteiger partial charge on any atom is -0.493 e. The van der Waals surface area contributed by atoms with Crippen molar-refractivity contribution >= 4 is 5.91 Å². The van der Waals surface area contributed by atoms with E-state index in [-0.39, 0.29) is 18.4 Å². The van der Waals surface area contributed by atoms with E-state index in [2.05, 4.69) is 19.2 Å². The van der Waals surface area contributed by atoms with E-state index in [1.165, 1.54) is 0 Å². The molecule has 0 spiro atoms. The molecule has 3 atom stereocenters. The molecule has 4 N–H and O–H groups in total. The van der Waals surface area contributed by atoms with Gasteiger partial charge in [-0.3, -0.25) is 4.79 Å². The summed E-state index contributed by atoms with van der Waals surface area (Å²) in [5.74, 6) is 1.88. The van der Waals surface area contributed by atoms with Crippen LogP contribution in [0.25, 0.3) is 0 Å². The molecule has 3 unspecified atom stereocenters. The average molecular weight is 529 g/mol. The van der Waals surface area contributed by atoms with Gasteiger partial charge in [-0.2, -0.15) is 0 Å². The number of methoxy groups -OCH3 is 2. The van der Waals surface area contributed by atoms with Crippen LogP contribution in [0.4, 0.5) is 0 Å². The van der Waals surface area contributed by atoms with Crippen molar-refractivity contribution in [1.29, 1.82) is 0 Å². The molecule has 0 saturated heterocycles. The maximum Gasteiger partial charge on any atom is 0.230 e. The zero-order valence-corrected chi connectivity index (χ0v) is 24.3. The van der Waals surface area contributed by atoms with Crippen LogP contribution in [-0.4, -0.2) is 57.1 Å². The quantitative estimate of drug-likeness (QED) is 0.279. The molecule has 0 aromatic heterocycles. The van der Waals surface area contributed by atoms with E-state index in [1.54, 1.807) is 14.2 Å². The topological polar surface area (TPSA) is 103 Å². The monoisotopic (exact) mass is 528 g/mol. The van der Waals surface area contributed by atoms with E-state index >= 15 is 0 Å². The third-order valence-corrected chi connectivity index (χ3v) is 7.27. The summed E-state index contributed by atoms with van der Waals surface area (Å²) < 4.78 is 16.5. The molecule has 1 amide bonds. The molecule has 0 heterocycles. The zero-order chi connectivity index (χ0) is 28.3. The second-order valence-corrected chi connectivity index (χ2v) is 11.1. The average Bonchev–Trinajstić information content (AvgIpc) is 2.89. The summed E-state index contributed by atoms with van der Waals surface area (Å²) in [5, 5.41) is 13.7. The van der Waals surface area contributed by atoms with Crippen molar-refractivity contribution in [2.45, 2.75) is 71.4 Å². The fourth-order valence-corrected chi connectivity index (χ4v) is 4.48. The number of ether oxygens (including phenoxy) is 3. The molecule has 2 rings (SSSR count). The number of aliphatic hydroxyl groups is 1. The third kappa shape index (κ3) is 9.29. The van der Waals surface area contributed by atoms with Gasteiger partial charge in [0, 0.05) is 32.7 Å².